The Morgan fingerprint density at radius 3 is 2.61 bits per heavy atom. The summed E-state index contributed by atoms with van der Waals surface area (Å²) in [5, 5.41) is 24.8. The van der Waals surface area contributed by atoms with Gasteiger partial charge in [-0.05, 0) is 77.0 Å². The topological polar surface area (TPSA) is 89.9 Å². The Hall–Kier alpha value is -4.29. The van der Waals surface area contributed by atoms with Crippen molar-refractivity contribution < 1.29 is 19.8 Å². The van der Waals surface area contributed by atoms with Crippen LogP contribution in [0.5, 0.6) is 11.5 Å². The van der Waals surface area contributed by atoms with Crippen molar-refractivity contribution in [1.82, 2.24) is 0 Å². The van der Waals surface area contributed by atoms with E-state index < -0.39 is 0 Å². The number of aryl methyl sites for hydroxylation is 1. The van der Waals surface area contributed by atoms with Crippen molar-refractivity contribution in [2.24, 2.45) is 0 Å². The van der Waals surface area contributed by atoms with E-state index in [4.69, 9.17) is 11.6 Å². The van der Waals surface area contributed by atoms with Crippen molar-refractivity contribution in [2.45, 2.75) is 19.3 Å². The number of alkyl halides is 1. The molecule has 190 valence electrons. The number of aromatic hydroxyl groups is 2. The van der Waals surface area contributed by atoms with Crippen molar-refractivity contribution in [3.63, 3.8) is 0 Å². The van der Waals surface area contributed by atoms with Gasteiger partial charge in [0.25, 0.3) is 11.8 Å². The molecule has 2 aliphatic rings. The summed E-state index contributed by atoms with van der Waals surface area (Å²) in [6.07, 6.45) is 2.28. The van der Waals surface area contributed by atoms with Crippen LogP contribution in [0.1, 0.15) is 38.5 Å². The van der Waals surface area contributed by atoms with E-state index in [-0.39, 0.29) is 29.2 Å². The van der Waals surface area contributed by atoms with Crippen LogP contribution in [-0.4, -0.2) is 34.5 Å². The Morgan fingerprint density at radius 2 is 1.84 bits per heavy atom. The van der Waals surface area contributed by atoms with E-state index >= 15 is 0 Å². The quantitative estimate of drug-likeness (QED) is 0.221. The summed E-state index contributed by atoms with van der Waals surface area (Å²) >= 11 is 6.37. The molecule has 0 aromatic heterocycles. The molecule has 0 unspecified atom stereocenters. The minimum atomic E-state index is -0.226. The molecule has 7 heteroatoms. The van der Waals surface area contributed by atoms with E-state index in [0.717, 1.165) is 33.0 Å². The maximum absolute atomic E-state index is 13.8. The smallest absolute Gasteiger partial charge is 0.258 e. The van der Waals surface area contributed by atoms with Crippen LogP contribution in [0.4, 0.5) is 11.4 Å². The van der Waals surface area contributed by atoms with Crippen molar-refractivity contribution in [1.29, 1.82) is 0 Å². The van der Waals surface area contributed by atoms with Gasteiger partial charge in [-0.1, -0.05) is 24.3 Å². The number of fused-ring (bicyclic) bond motifs is 4. The molecule has 0 saturated heterocycles. The lowest BCUT2D eigenvalue weighted by Gasteiger charge is -2.19. The number of rotatable bonds is 4. The summed E-state index contributed by atoms with van der Waals surface area (Å²) in [6, 6.07) is 19.3. The predicted octanol–water partition coefficient (Wildman–Crippen LogP) is 6.12. The Kier molecular flexibility index (Phi) is 5.84. The van der Waals surface area contributed by atoms with Gasteiger partial charge in [0.15, 0.2) is 0 Å². The molecule has 1 aliphatic heterocycles. The van der Waals surface area contributed by atoms with Crippen LogP contribution < -0.4 is 10.2 Å². The van der Waals surface area contributed by atoms with Gasteiger partial charge in [0.1, 0.15) is 11.5 Å². The molecule has 4 aromatic carbocycles. The molecule has 0 spiro atoms. The maximum Gasteiger partial charge on any atom is 0.258 e. The summed E-state index contributed by atoms with van der Waals surface area (Å²) in [5.74, 6) is 0.169. The lowest BCUT2D eigenvalue weighted by atomic mass is 9.92. The molecule has 0 saturated carbocycles. The van der Waals surface area contributed by atoms with Gasteiger partial charge in [0.05, 0.1) is 5.69 Å². The molecule has 0 radical (unpaired) electrons. The standard InChI is InChI=1S/C31H25ClN2O4/c1-17-3-2-4-25-27(36)14-26-29(28(17)25)22(15-32)16-34(26)31(38)19-6-5-18-11-21(13-20(18)12-19)30(37)33-23-7-9-24(35)10-8-23/h2-10,12-14,22,35-36H,11,15-16H2,1H3,(H,33,37)/t22-/m1/s1. The zero-order valence-electron chi connectivity index (χ0n) is 20.7. The monoisotopic (exact) mass is 524 g/mol. The van der Waals surface area contributed by atoms with Crippen LogP contribution in [0.3, 0.4) is 0 Å². The highest BCUT2D eigenvalue weighted by molar-refractivity contribution is 6.19. The molecule has 0 fully saturated rings. The summed E-state index contributed by atoms with van der Waals surface area (Å²) in [5.41, 5.74) is 6.20. The number of anilines is 2. The lowest BCUT2D eigenvalue weighted by Crippen LogP contribution is -2.30. The Balaban J connectivity index is 1.31. The molecule has 1 aliphatic carbocycles. The number of halogens is 1. The van der Waals surface area contributed by atoms with Crippen LogP contribution in [0.15, 0.2) is 72.3 Å². The number of hydrogen-bond donors (Lipinski definition) is 3. The fourth-order valence-corrected chi connectivity index (χ4v) is 5.79. The minimum absolute atomic E-state index is 0.0515. The van der Waals surface area contributed by atoms with E-state index in [2.05, 4.69) is 5.32 Å². The zero-order chi connectivity index (χ0) is 26.6. The normalized spacial score (nSPS) is 15.8. The van der Waals surface area contributed by atoms with Crippen molar-refractivity contribution in [3.8, 4) is 11.5 Å². The van der Waals surface area contributed by atoms with Crippen LogP contribution in [0.25, 0.3) is 16.8 Å². The zero-order valence-corrected chi connectivity index (χ0v) is 21.4. The van der Waals surface area contributed by atoms with E-state index in [0.29, 0.717) is 41.4 Å². The number of amides is 2. The van der Waals surface area contributed by atoms with Crippen molar-refractivity contribution in [3.05, 3.63) is 100 Å². The number of nitrogens with zero attached hydrogens (tertiary/aromatic N) is 1. The Morgan fingerprint density at radius 1 is 1.05 bits per heavy atom. The number of carbonyl (C=O) groups is 2. The second kappa shape index (κ2) is 9.23. The number of carbonyl (C=O) groups excluding carboxylic acids is 2. The Labute approximate surface area is 224 Å². The highest BCUT2D eigenvalue weighted by atomic mass is 35.5. The number of benzene rings is 4. The highest BCUT2D eigenvalue weighted by Crippen LogP contribution is 2.46. The molecular formula is C31H25ClN2O4. The molecule has 1 heterocycles. The number of nitrogens with one attached hydrogen (secondary N) is 1. The molecule has 6 rings (SSSR count). The van der Waals surface area contributed by atoms with Gasteiger partial charge in [0.2, 0.25) is 0 Å². The SMILES string of the molecule is Cc1cccc2c(O)cc3c(c12)[C@H](CCl)CN3C(=O)c1ccc2c(c1)C=C(C(=O)Nc1ccc(O)cc1)C2. The molecule has 38 heavy (non-hydrogen) atoms. The average molecular weight is 525 g/mol. The third-order valence-corrected chi connectivity index (χ3v) is 7.79. The summed E-state index contributed by atoms with van der Waals surface area (Å²) in [6.45, 7) is 2.43. The summed E-state index contributed by atoms with van der Waals surface area (Å²) in [4.78, 5) is 28.3. The largest absolute Gasteiger partial charge is 0.508 e. The average Bonchev–Trinajstić information content (AvgIpc) is 3.51. The highest BCUT2D eigenvalue weighted by Gasteiger charge is 2.35. The van der Waals surface area contributed by atoms with E-state index in [9.17, 15) is 19.8 Å². The minimum Gasteiger partial charge on any atom is -0.508 e. The van der Waals surface area contributed by atoms with Gasteiger partial charge in [0, 0.05) is 53.0 Å². The first-order valence-corrected chi connectivity index (χ1v) is 12.9. The van der Waals surface area contributed by atoms with Gasteiger partial charge in [-0.2, -0.15) is 0 Å². The van der Waals surface area contributed by atoms with Crippen LogP contribution >= 0.6 is 11.6 Å². The first-order chi connectivity index (χ1) is 18.3. The van der Waals surface area contributed by atoms with Crippen LogP contribution in [-0.2, 0) is 11.2 Å². The lowest BCUT2D eigenvalue weighted by molar-refractivity contribution is -0.112. The molecule has 4 aromatic rings. The fraction of sp³-hybridized carbons (Fsp3) is 0.161. The molecule has 1 atom stereocenters. The summed E-state index contributed by atoms with van der Waals surface area (Å²) in [7, 11) is 0. The van der Waals surface area contributed by atoms with Gasteiger partial charge in [-0.3, -0.25) is 9.59 Å². The molecule has 6 nitrogen and oxygen atoms in total. The number of hydrogen-bond acceptors (Lipinski definition) is 4. The molecule has 0 bridgehead atoms. The van der Waals surface area contributed by atoms with Gasteiger partial charge in [-0.15, -0.1) is 11.6 Å². The third kappa shape index (κ3) is 3.98. The fourth-order valence-electron chi connectivity index (χ4n) is 5.54. The molecule has 2 amide bonds. The maximum atomic E-state index is 13.8. The van der Waals surface area contributed by atoms with E-state index in [1.54, 1.807) is 29.2 Å². The van der Waals surface area contributed by atoms with E-state index in [1.807, 2.05) is 43.3 Å². The van der Waals surface area contributed by atoms with Crippen LogP contribution in [0.2, 0.25) is 0 Å². The van der Waals surface area contributed by atoms with Gasteiger partial charge < -0.3 is 20.4 Å². The van der Waals surface area contributed by atoms with Crippen molar-refractivity contribution in [2.75, 3.05) is 22.6 Å². The van der Waals surface area contributed by atoms with Crippen molar-refractivity contribution >= 4 is 51.6 Å². The first-order valence-electron chi connectivity index (χ1n) is 12.4. The first kappa shape index (κ1) is 24.1. The number of phenolic OH excluding ortho intramolecular Hbond substituents is 2. The van der Waals surface area contributed by atoms with Gasteiger partial charge >= 0.3 is 0 Å². The second-order valence-corrected chi connectivity index (χ2v) is 10.2. The molecule has 3 N–H and O–H groups in total. The summed E-state index contributed by atoms with van der Waals surface area (Å²) < 4.78 is 0. The predicted molar refractivity (Wildman–Crippen MR) is 150 cm³/mol. The third-order valence-electron chi connectivity index (χ3n) is 7.42. The van der Waals surface area contributed by atoms with Crippen LogP contribution in [0, 0.1) is 6.92 Å². The second-order valence-electron chi connectivity index (χ2n) is 9.85. The number of phenols is 2. The Bertz CT molecular complexity index is 1660. The van der Waals surface area contributed by atoms with Gasteiger partial charge in [-0.25, -0.2) is 0 Å². The molecular weight excluding hydrogens is 500 g/mol. The van der Waals surface area contributed by atoms with E-state index in [1.165, 1.54) is 12.1 Å².